The van der Waals surface area contributed by atoms with Crippen LogP contribution in [-0.2, 0) is 6.42 Å². The summed E-state index contributed by atoms with van der Waals surface area (Å²) in [7, 11) is 0. The van der Waals surface area contributed by atoms with Gasteiger partial charge in [0.1, 0.15) is 5.82 Å². The molecule has 0 bridgehead atoms. The maximum Gasteiger partial charge on any atom is 0.123 e. The Morgan fingerprint density at radius 2 is 2.11 bits per heavy atom. The van der Waals surface area contributed by atoms with Gasteiger partial charge in [-0.25, -0.2) is 9.07 Å². The number of fused-ring (bicyclic) bond motifs is 2. The predicted octanol–water partition coefficient (Wildman–Crippen LogP) is 5.55. The van der Waals surface area contributed by atoms with E-state index < -0.39 is 6.10 Å². The predicted molar refractivity (Wildman–Crippen MR) is 110 cm³/mol. The number of hydrogen-bond acceptors (Lipinski definition) is 3. The summed E-state index contributed by atoms with van der Waals surface area (Å²) < 4.78 is 15.2. The SMILES string of the molecule is C[C@]12Cc3cnn(-c4ccc(F)cc4)c3C=C1CCC[C@@H]2[C@@H](O)c1ccsc1. The average Bonchev–Trinajstić information content (AvgIpc) is 3.35. The van der Waals surface area contributed by atoms with Crippen molar-refractivity contribution < 1.29 is 9.50 Å². The number of rotatable bonds is 3. The molecule has 3 nitrogen and oxygen atoms in total. The van der Waals surface area contributed by atoms with E-state index in [4.69, 9.17) is 0 Å². The third-order valence-electron chi connectivity index (χ3n) is 6.61. The number of aliphatic hydroxyl groups is 1. The van der Waals surface area contributed by atoms with Crippen LogP contribution in [0.3, 0.4) is 0 Å². The molecule has 2 aromatic heterocycles. The number of hydrogen-bond donors (Lipinski definition) is 1. The molecule has 1 saturated carbocycles. The summed E-state index contributed by atoms with van der Waals surface area (Å²) in [5.74, 6) is -0.0438. The summed E-state index contributed by atoms with van der Waals surface area (Å²) in [5, 5.41) is 19.8. The van der Waals surface area contributed by atoms with Crippen LogP contribution in [0, 0.1) is 17.2 Å². The number of benzene rings is 1. The molecule has 3 atom stereocenters. The van der Waals surface area contributed by atoms with Crippen molar-refractivity contribution in [3.8, 4) is 5.69 Å². The van der Waals surface area contributed by atoms with Gasteiger partial charge >= 0.3 is 0 Å². The number of allylic oxidation sites excluding steroid dienone is 1. The van der Waals surface area contributed by atoms with Crippen LogP contribution in [0.15, 0.2) is 52.9 Å². The van der Waals surface area contributed by atoms with Crippen LogP contribution in [0.1, 0.15) is 49.1 Å². The zero-order valence-corrected chi connectivity index (χ0v) is 16.6. The van der Waals surface area contributed by atoms with E-state index in [0.717, 1.165) is 42.6 Å². The molecular weight excluding hydrogens is 371 g/mol. The van der Waals surface area contributed by atoms with E-state index in [1.165, 1.54) is 23.3 Å². The molecule has 0 saturated heterocycles. The topological polar surface area (TPSA) is 38.0 Å². The standard InChI is InChI=1S/C23H23FN2OS/c1-23-12-16-13-25-26(19-7-5-18(24)6-8-19)21(16)11-17(23)3-2-4-20(23)22(27)15-9-10-28-14-15/h5-11,13-14,20,22,27H,2-4,12H2,1H3/t20-,22+,23+/m1/s1. The first-order valence-corrected chi connectivity index (χ1v) is 10.7. The number of aromatic nitrogens is 2. The summed E-state index contributed by atoms with van der Waals surface area (Å²) in [6.07, 6.45) is 7.81. The molecule has 5 heteroatoms. The van der Waals surface area contributed by atoms with Crippen LogP contribution >= 0.6 is 11.3 Å². The van der Waals surface area contributed by atoms with Gasteiger partial charge in [-0.15, -0.1) is 0 Å². The van der Waals surface area contributed by atoms with Crippen molar-refractivity contribution in [2.24, 2.45) is 11.3 Å². The first-order valence-electron chi connectivity index (χ1n) is 9.80. The van der Waals surface area contributed by atoms with Crippen LogP contribution in [0.5, 0.6) is 0 Å². The van der Waals surface area contributed by atoms with Gasteiger partial charge in [-0.1, -0.05) is 12.5 Å². The molecule has 5 rings (SSSR count). The van der Waals surface area contributed by atoms with Crippen molar-refractivity contribution in [2.45, 2.75) is 38.7 Å². The number of halogens is 1. The Hall–Kier alpha value is -2.24. The van der Waals surface area contributed by atoms with Gasteiger partial charge in [-0.05, 0) is 95.3 Å². The van der Waals surface area contributed by atoms with E-state index >= 15 is 0 Å². The van der Waals surface area contributed by atoms with E-state index in [1.807, 2.05) is 22.3 Å². The third-order valence-corrected chi connectivity index (χ3v) is 7.31. The number of nitrogens with zero attached hydrogens (tertiary/aromatic N) is 2. The van der Waals surface area contributed by atoms with Gasteiger partial charge in [0.05, 0.1) is 23.7 Å². The molecule has 1 N–H and O–H groups in total. The highest BCUT2D eigenvalue weighted by molar-refractivity contribution is 7.07. The Bertz CT molecular complexity index is 1020. The molecule has 1 aromatic carbocycles. The van der Waals surface area contributed by atoms with Crippen molar-refractivity contribution in [3.05, 3.63) is 75.5 Å². The summed E-state index contributed by atoms with van der Waals surface area (Å²) in [4.78, 5) is 0. The minimum absolute atomic E-state index is 0.0662. The zero-order chi connectivity index (χ0) is 19.3. The second kappa shape index (κ2) is 6.68. The number of thiophene rings is 1. The van der Waals surface area contributed by atoms with Gasteiger partial charge in [-0.3, -0.25) is 0 Å². The smallest absolute Gasteiger partial charge is 0.123 e. The monoisotopic (exact) mass is 394 g/mol. The fourth-order valence-electron chi connectivity index (χ4n) is 5.05. The lowest BCUT2D eigenvalue weighted by molar-refractivity contribution is 0.0220. The zero-order valence-electron chi connectivity index (χ0n) is 15.8. The lowest BCUT2D eigenvalue weighted by atomic mass is 9.58. The van der Waals surface area contributed by atoms with Crippen molar-refractivity contribution >= 4 is 17.4 Å². The van der Waals surface area contributed by atoms with Gasteiger partial charge in [0.15, 0.2) is 0 Å². The Labute approximate surface area is 168 Å². The summed E-state index contributed by atoms with van der Waals surface area (Å²) in [6, 6.07) is 8.50. The molecule has 0 spiro atoms. The molecule has 2 aliphatic rings. The van der Waals surface area contributed by atoms with E-state index in [-0.39, 0.29) is 17.2 Å². The second-order valence-electron chi connectivity index (χ2n) is 8.21. The quantitative estimate of drug-likeness (QED) is 0.632. The number of aliphatic hydroxyl groups excluding tert-OH is 1. The Morgan fingerprint density at radius 3 is 2.86 bits per heavy atom. The summed E-state index contributed by atoms with van der Waals surface area (Å²) in [5.41, 5.74) is 5.52. The van der Waals surface area contributed by atoms with Gasteiger partial charge in [0, 0.05) is 0 Å². The molecule has 2 aliphatic carbocycles. The lowest BCUT2D eigenvalue weighted by Gasteiger charge is -2.47. The van der Waals surface area contributed by atoms with Crippen LogP contribution in [0.2, 0.25) is 0 Å². The Kier molecular flexibility index (Phi) is 4.25. The van der Waals surface area contributed by atoms with Crippen molar-refractivity contribution in [3.63, 3.8) is 0 Å². The first-order chi connectivity index (χ1) is 13.6. The first kappa shape index (κ1) is 17.8. The minimum Gasteiger partial charge on any atom is -0.388 e. The van der Waals surface area contributed by atoms with E-state index in [9.17, 15) is 9.50 Å². The van der Waals surface area contributed by atoms with Crippen LogP contribution in [0.4, 0.5) is 4.39 Å². The van der Waals surface area contributed by atoms with Crippen LogP contribution < -0.4 is 0 Å². The Balaban J connectivity index is 1.54. The maximum absolute atomic E-state index is 13.3. The average molecular weight is 395 g/mol. The minimum atomic E-state index is -0.436. The van der Waals surface area contributed by atoms with E-state index in [0.29, 0.717) is 0 Å². The highest BCUT2D eigenvalue weighted by Gasteiger charge is 2.46. The van der Waals surface area contributed by atoms with Crippen molar-refractivity contribution in [1.82, 2.24) is 9.78 Å². The van der Waals surface area contributed by atoms with Crippen LogP contribution in [-0.4, -0.2) is 14.9 Å². The highest BCUT2D eigenvalue weighted by atomic mass is 32.1. The largest absolute Gasteiger partial charge is 0.388 e. The fraction of sp³-hybridized carbons (Fsp3) is 0.348. The molecule has 3 aromatic rings. The molecule has 0 radical (unpaired) electrons. The summed E-state index contributed by atoms with van der Waals surface area (Å²) >= 11 is 1.64. The highest BCUT2D eigenvalue weighted by Crippen LogP contribution is 2.54. The molecule has 1 fully saturated rings. The van der Waals surface area contributed by atoms with E-state index in [1.54, 1.807) is 23.5 Å². The van der Waals surface area contributed by atoms with Crippen molar-refractivity contribution in [1.29, 1.82) is 0 Å². The molecular formula is C23H23FN2OS. The van der Waals surface area contributed by atoms with Crippen molar-refractivity contribution in [2.75, 3.05) is 0 Å². The summed E-state index contributed by atoms with van der Waals surface area (Å²) in [6.45, 7) is 2.30. The molecule has 0 amide bonds. The molecule has 28 heavy (non-hydrogen) atoms. The molecule has 0 unspecified atom stereocenters. The molecule has 2 heterocycles. The van der Waals surface area contributed by atoms with Gasteiger partial charge in [0.25, 0.3) is 0 Å². The van der Waals surface area contributed by atoms with Gasteiger partial charge in [-0.2, -0.15) is 16.4 Å². The maximum atomic E-state index is 13.3. The van der Waals surface area contributed by atoms with Crippen LogP contribution in [0.25, 0.3) is 11.8 Å². The normalized spacial score (nSPS) is 25.0. The molecule has 144 valence electrons. The van der Waals surface area contributed by atoms with E-state index in [2.05, 4.69) is 23.5 Å². The second-order valence-corrected chi connectivity index (χ2v) is 8.99. The Morgan fingerprint density at radius 1 is 1.29 bits per heavy atom. The third kappa shape index (κ3) is 2.76. The van der Waals surface area contributed by atoms with Gasteiger partial charge in [0.2, 0.25) is 0 Å². The lowest BCUT2D eigenvalue weighted by Crippen LogP contribution is -2.40. The molecule has 0 aliphatic heterocycles. The fourth-order valence-corrected chi connectivity index (χ4v) is 5.74. The van der Waals surface area contributed by atoms with Gasteiger partial charge < -0.3 is 5.11 Å².